The van der Waals surface area contributed by atoms with Crippen molar-refractivity contribution in [3.8, 4) is 5.88 Å². The molecule has 1 aliphatic carbocycles. The highest BCUT2D eigenvalue weighted by atomic mass is 32.2. The van der Waals surface area contributed by atoms with Gasteiger partial charge >= 0.3 is 10.1 Å². The van der Waals surface area contributed by atoms with Gasteiger partial charge < -0.3 is 4.18 Å². The Morgan fingerprint density at radius 3 is 2.71 bits per heavy atom. The Balaban J connectivity index is 1.72. The summed E-state index contributed by atoms with van der Waals surface area (Å²) in [6.45, 7) is 1.83. The van der Waals surface area contributed by atoms with Crippen molar-refractivity contribution in [2.75, 3.05) is 0 Å². The summed E-state index contributed by atoms with van der Waals surface area (Å²) in [5.74, 6) is -0.0868. The monoisotopic (exact) mass is 402 g/mol. The van der Waals surface area contributed by atoms with Crippen molar-refractivity contribution in [2.24, 2.45) is 0 Å². The van der Waals surface area contributed by atoms with Gasteiger partial charge in [-0.05, 0) is 31.4 Å². The number of pyridine rings is 1. The van der Waals surface area contributed by atoms with Crippen molar-refractivity contribution in [2.45, 2.75) is 43.5 Å². The van der Waals surface area contributed by atoms with Gasteiger partial charge in [0.05, 0.1) is 17.2 Å². The first-order valence-corrected chi connectivity index (χ1v) is 10.3. The van der Waals surface area contributed by atoms with Gasteiger partial charge in [0.15, 0.2) is 5.65 Å². The maximum Gasteiger partial charge on any atom is 0.340 e. The molecule has 0 bridgehead atoms. The Morgan fingerprint density at radius 1 is 1.25 bits per heavy atom. The van der Waals surface area contributed by atoms with Crippen LogP contribution in [-0.2, 0) is 10.1 Å². The summed E-state index contributed by atoms with van der Waals surface area (Å²) in [5, 5.41) is 16.2. The van der Waals surface area contributed by atoms with Crippen LogP contribution in [0.15, 0.2) is 41.4 Å². The van der Waals surface area contributed by atoms with E-state index in [1.807, 2.05) is 11.6 Å². The van der Waals surface area contributed by atoms with Crippen molar-refractivity contribution < 1.29 is 17.5 Å². The zero-order valence-corrected chi connectivity index (χ0v) is 15.9. The van der Waals surface area contributed by atoms with Crippen molar-refractivity contribution in [1.29, 1.82) is 0 Å². The molecule has 0 unspecified atom stereocenters. The zero-order chi connectivity index (χ0) is 19.9. The molecule has 1 aliphatic rings. The zero-order valence-electron chi connectivity index (χ0n) is 15.1. The van der Waals surface area contributed by atoms with Gasteiger partial charge in [0, 0.05) is 23.6 Å². The van der Waals surface area contributed by atoms with E-state index in [1.54, 1.807) is 6.20 Å². The van der Waals surface area contributed by atoms with Gasteiger partial charge in [-0.25, -0.2) is 4.68 Å². The molecule has 10 heteroatoms. The van der Waals surface area contributed by atoms with E-state index < -0.39 is 15.0 Å². The largest absolute Gasteiger partial charge is 0.358 e. The minimum absolute atomic E-state index is 0.0868. The Kier molecular flexibility index (Phi) is 4.50. The number of non-ortho nitro benzene ring substituents is 1. The topological polar surface area (TPSA) is 117 Å². The molecular formula is C18H18N4O5S. The van der Waals surface area contributed by atoms with Crippen molar-refractivity contribution in [3.63, 3.8) is 0 Å². The van der Waals surface area contributed by atoms with Crippen LogP contribution in [0.3, 0.4) is 0 Å². The SMILES string of the molecule is Cc1cc(OS(=O)(=O)c2cccc([N+](=O)[O-])c2)nc2c1cnn2C1CCCC1. The predicted octanol–water partition coefficient (Wildman–Crippen LogP) is 3.53. The Bertz CT molecular complexity index is 1170. The molecule has 2 aromatic heterocycles. The van der Waals surface area contributed by atoms with E-state index in [0.29, 0.717) is 5.65 Å². The minimum atomic E-state index is -4.27. The summed E-state index contributed by atoms with van der Waals surface area (Å²) in [5.41, 5.74) is 1.04. The highest BCUT2D eigenvalue weighted by Crippen LogP contribution is 2.33. The van der Waals surface area contributed by atoms with Crippen LogP contribution in [-0.4, -0.2) is 28.1 Å². The van der Waals surface area contributed by atoms with E-state index >= 15 is 0 Å². The number of hydrogen-bond donors (Lipinski definition) is 0. The van der Waals surface area contributed by atoms with Crippen molar-refractivity contribution in [1.82, 2.24) is 14.8 Å². The van der Waals surface area contributed by atoms with Crippen LogP contribution >= 0.6 is 0 Å². The Labute approximate surface area is 161 Å². The third-order valence-corrected chi connectivity index (χ3v) is 6.15. The van der Waals surface area contributed by atoms with Gasteiger partial charge in [0.1, 0.15) is 4.90 Å². The molecule has 3 aromatic rings. The Hall–Kier alpha value is -3.01. The third-order valence-electron chi connectivity index (χ3n) is 4.93. The first kappa shape index (κ1) is 18.4. The predicted molar refractivity (Wildman–Crippen MR) is 101 cm³/mol. The van der Waals surface area contributed by atoms with Crippen molar-refractivity contribution >= 4 is 26.8 Å². The summed E-state index contributed by atoms with van der Waals surface area (Å²) < 4.78 is 32.2. The lowest BCUT2D eigenvalue weighted by molar-refractivity contribution is -0.385. The Morgan fingerprint density at radius 2 is 2.00 bits per heavy atom. The highest BCUT2D eigenvalue weighted by molar-refractivity contribution is 7.87. The smallest absolute Gasteiger partial charge is 0.340 e. The van der Waals surface area contributed by atoms with Crippen LogP contribution in [0, 0.1) is 17.0 Å². The summed E-state index contributed by atoms with van der Waals surface area (Å²) >= 11 is 0. The molecule has 0 saturated heterocycles. The van der Waals surface area contributed by atoms with Gasteiger partial charge in [0.25, 0.3) is 5.69 Å². The van der Waals surface area contributed by atoms with E-state index in [9.17, 15) is 18.5 Å². The number of aryl methyl sites for hydroxylation is 1. The number of nitrogens with zero attached hydrogens (tertiary/aromatic N) is 4. The van der Waals surface area contributed by atoms with Gasteiger partial charge in [-0.15, -0.1) is 0 Å². The average Bonchev–Trinajstić information content (AvgIpc) is 3.31. The van der Waals surface area contributed by atoms with Gasteiger partial charge in [0.2, 0.25) is 5.88 Å². The van der Waals surface area contributed by atoms with Crippen LogP contribution in [0.2, 0.25) is 0 Å². The average molecular weight is 402 g/mol. The fourth-order valence-electron chi connectivity index (χ4n) is 3.52. The lowest BCUT2D eigenvalue weighted by Crippen LogP contribution is -2.12. The van der Waals surface area contributed by atoms with Crippen LogP contribution < -0.4 is 4.18 Å². The second-order valence-electron chi connectivity index (χ2n) is 6.83. The van der Waals surface area contributed by atoms with Crippen LogP contribution in [0.5, 0.6) is 5.88 Å². The van der Waals surface area contributed by atoms with E-state index in [-0.39, 0.29) is 22.5 Å². The molecular weight excluding hydrogens is 384 g/mol. The van der Waals surface area contributed by atoms with E-state index in [1.165, 1.54) is 24.3 Å². The van der Waals surface area contributed by atoms with E-state index in [0.717, 1.165) is 42.7 Å². The first-order chi connectivity index (χ1) is 13.3. The van der Waals surface area contributed by atoms with Crippen LogP contribution in [0.4, 0.5) is 5.69 Å². The van der Waals surface area contributed by atoms with Gasteiger partial charge in [-0.1, -0.05) is 18.9 Å². The standard InChI is InChI=1S/C18H18N4O5S/c1-12-9-17(20-18-16(12)11-19-21(18)13-5-2-3-6-13)27-28(25,26)15-8-4-7-14(10-15)22(23)24/h4,7-11,13H,2-3,5-6H2,1H3. The lowest BCUT2D eigenvalue weighted by atomic mass is 10.2. The first-order valence-electron chi connectivity index (χ1n) is 8.89. The van der Waals surface area contributed by atoms with E-state index in [4.69, 9.17) is 4.18 Å². The van der Waals surface area contributed by atoms with Crippen molar-refractivity contribution in [3.05, 3.63) is 52.2 Å². The number of benzene rings is 1. The fraction of sp³-hybridized carbons (Fsp3) is 0.333. The second-order valence-corrected chi connectivity index (χ2v) is 8.38. The summed E-state index contributed by atoms with van der Waals surface area (Å²) in [7, 11) is -4.27. The maximum atomic E-state index is 12.6. The van der Waals surface area contributed by atoms with Gasteiger partial charge in [-0.2, -0.15) is 18.5 Å². The second kappa shape index (κ2) is 6.86. The van der Waals surface area contributed by atoms with Crippen LogP contribution in [0.1, 0.15) is 37.3 Å². The molecule has 0 atom stereocenters. The normalized spacial score (nSPS) is 15.2. The summed E-state index contributed by atoms with van der Waals surface area (Å²) in [4.78, 5) is 14.3. The number of fused-ring (bicyclic) bond motifs is 1. The number of hydrogen-bond acceptors (Lipinski definition) is 7. The molecule has 0 amide bonds. The summed E-state index contributed by atoms with van der Waals surface area (Å²) in [6, 6.07) is 6.49. The lowest BCUT2D eigenvalue weighted by Gasteiger charge is -2.12. The molecule has 4 rings (SSSR count). The van der Waals surface area contributed by atoms with Gasteiger partial charge in [-0.3, -0.25) is 10.1 Å². The molecule has 0 N–H and O–H groups in total. The van der Waals surface area contributed by atoms with Crippen LogP contribution in [0.25, 0.3) is 11.0 Å². The molecule has 1 saturated carbocycles. The molecule has 0 radical (unpaired) electrons. The molecule has 0 aliphatic heterocycles. The van der Waals surface area contributed by atoms with E-state index in [2.05, 4.69) is 10.1 Å². The highest BCUT2D eigenvalue weighted by Gasteiger charge is 2.24. The quantitative estimate of drug-likeness (QED) is 0.364. The molecule has 1 aromatic carbocycles. The fourth-order valence-corrected chi connectivity index (χ4v) is 4.43. The molecule has 146 valence electrons. The number of rotatable bonds is 5. The minimum Gasteiger partial charge on any atom is -0.358 e. The molecule has 2 heterocycles. The molecule has 1 fully saturated rings. The number of nitro groups is 1. The summed E-state index contributed by atoms with van der Waals surface area (Å²) in [6.07, 6.45) is 6.00. The molecule has 9 nitrogen and oxygen atoms in total. The third kappa shape index (κ3) is 3.31. The molecule has 0 spiro atoms. The molecule has 28 heavy (non-hydrogen) atoms. The number of nitro benzene ring substituents is 1. The maximum absolute atomic E-state index is 12.6. The number of aromatic nitrogens is 3.